The second kappa shape index (κ2) is 10.5. The van der Waals surface area contributed by atoms with Crippen LogP contribution >= 0.6 is 11.3 Å². The summed E-state index contributed by atoms with van der Waals surface area (Å²) in [5, 5.41) is 10.6. The van der Waals surface area contributed by atoms with Crippen LogP contribution in [0.4, 0.5) is 11.5 Å². The van der Waals surface area contributed by atoms with Gasteiger partial charge in [-0.15, -0.1) is 11.3 Å². The van der Waals surface area contributed by atoms with Gasteiger partial charge in [-0.2, -0.15) is 5.26 Å². The second-order valence-corrected chi connectivity index (χ2v) is 11.2. The Kier molecular flexibility index (Phi) is 7.15. The van der Waals surface area contributed by atoms with Gasteiger partial charge in [-0.1, -0.05) is 69.7 Å². The van der Waals surface area contributed by atoms with E-state index >= 15 is 0 Å². The Bertz CT molecular complexity index is 1280. The van der Waals surface area contributed by atoms with Crippen molar-refractivity contribution in [2.75, 3.05) is 11.5 Å². The Morgan fingerprint density at radius 1 is 1.03 bits per heavy atom. The largest absolute Gasteiger partial charge is 0.397 e. The van der Waals surface area contributed by atoms with Crippen LogP contribution in [0.3, 0.4) is 0 Å². The van der Waals surface area contributed by atoms with Crippen LogP contribution in [-0.4, -0.2) is 27.9 Å². The summed E-state index contributed by atoms with van der Waals surface area (Å²) in [7, 11) is 0. The molecular weight excluding hydrogens is 466 g/mol. The lowest BCUT2D eigenvalue weighted by atomic mass is 9.88. The molecule has 2 aliphatic carbocycles. The van der Waals surface area contributed by atoms with Gasteiger partial charge in [0, 0.05) is 23.0 Å². The number of nitriles is 1. The molecule has 6 nitrogen and oxygen atoms in total. The molecule has 5 rings (SSSR count). The molecule has 2 aromatic heterocycles. The number of nitrogen functional groups attached to an aromatic ring is 2. The summed E-state index contributed by atoms with van der Waals surface area (Å²) in [6.07, 6.45) is 12.3. The summed E-state index contributed by atoms with van der Waals surface area (Å²) >= 11 is 1.32. The topological polar surface area (TPSA) is 109 Å². The lowest BCUT2D eigenvalue weighted by molar-refractivity contribution is 0.0454. The van der Waals surface area contributed by atoms with Crippen LogP contribution < -0.4 is 11.5 Å². The summed E-state index contributed by atoms with van der Waals surface area (Å²) in [5.74, 6) is 0.204. The third-order valence-electron chi connectivity index (χ3n) is 8.03. The van der Waals surface area contributed by atoms with Crippen molar-refractivity contribution in [3.05, 3.63) is 40.3 Å². The van der Waals surface area contributed by atoms with Gasteiger partial charge in [-0.25, -0.2) is 4.98 Å². The lowest BCUT2D eigenvalue weighted by Gasteiger charge is -2.41. The average molecular weight is 502 g/mol. The molecule has 0 aliphatic heterocycles. The van der Waals surface area contributed by atoms with Crippen molar-refractivity contribution in [2.45, 2.75) is 89.6 Å². The molecule has 36 heavy (non-hydrogen) atoms. The van der Waals surface area contributed by atoms with Crippen LogP contribution in [0.5, 0.6) is 0 Å². The number of nitrogens with two attached hydrogens (primary N) is 2. The summed E-state index contributed by atoms with van der Waals surface area (Å²) in [5.41, 5.74) is 16.5. The van der Waals surface area contributed by atoms with Gasteiger partial charge in [-0.3, -0.25) is 4.79 Å². The molecule has 1 aromatic carbocycles. The first kappa shape index (κ1) is 24.6. The van der Waals surface area contributed by atoms with Crippen molar-refractivity contribution in [1.29, 1.82) is 5.26 Å². The molecular formula is C29H35N5OS. The monoisotopic (exact) mass is 501 g/mol. The maximum atomic E-state index is 14.2. The minimum absolute atomic E-state index is 0.0265. The number of rotatable bonds is 5. The highest BCUT2D eigenvalue weighted by atomic mass is 32.1. The molecule has 188 valence electrons. The van der Waals surface area contributed by atoms with Crippen LogP contribution in [0.25, 0.3) is 21.3 Å². The fraction of sp³-hybridized carbons (Fsp3) is 0.483. The van der Waals surface area contributed by atoms with Crippen molar-refractivity contribution in [2.24, 2.45) is 0 Å². The van der Waals surface area contributed by atoms with Gasteiger partial charge in [0.15, 0.2) is 0 Å². The van der Waals surface area contributed by atoms with Gasteiger partial charge < -0.3 is 16.4 Å². The number of aromatic nitrogens is 1. The molecule has 4 N–H and O–H groups in total. The van der Waals surface area contributed by atoms with Crippen LogP contribution in [-0.2, 0) is 6.42 Å². The molecule has 0 spiro atoms. The molecule has 1 amide bonds. The van der Waals surface area contributed by atoms with Crippen molar-refractivity contribution in [1.82, 2.24) is 9.88 Å². The number of amides is 1. The number of aryl methyl sites for hydroxylation is 1. The number of hydrogen-bond acceptors (Lipinski definition) is 6. The van der Waals surface area contributed by atoms with E-state index in [1.54, 1.807) is 0 Å². The minimum Gasteiger partial charge on any atom is -0.397 e. The van der Waals surface area contributed by atoms with E-state index in [9.17, 15) is 10.1 Å². The maximum Gasteiger partial charge on any atom is 0.266 e. The first-order chi connectivity index (χ1) is 17.5. The predicted molar refractivity (Wildman–Crippen MR) is 148 cm³/mol. The van der Waals surface area contributed by atoms with Gasteiger partial charge in [0.2, 0.25) is 0 Å². The summed E-state index contributed by atoms with van der Waals surface area (Å²) < 4.78 is 0. The van der Waals surface area contributed by atoms with E-state index in [1.165, 1.54) is 55.4 Å². The van der Waals surface area contributed by atoms with Gasteiger partial charge in [0.1, 0.15) is 27.2 Å². The van der Waals surface area contributed by atoms with E-state index < -0.39 is 0 Å². The highest BCUT2D eigenvalue weighted by Gasteiger charge is 2.35. The number of thiophene rings is 1. The number of benzene rings is 1. The average Bonchev–Trinajstić information content (AvgIpc) is 3.24. The third-order valence-corrected chi connectivity index (χ3v) is 9.12. The van der Waals surface area contributed by atoms with E-state index in [1.807, 2.05) is 12.1 Å². The number of hydrogen-bond donors (Lipinski definition) is 2. The number of nitrogens with zero attached hydrogens (tertiary/aromatic N) is 3. The zero-order valence-electron chi connectivity index (χ0n) is 21.1. The number of fused-ring (bicyclic) bond motifs is 1. The highest BCUT2D eigenvalue weighted by Crippen LogP contribution is 2.44. The fourth-order valence-corrected chi connectivity index (χ4v) is 7.16. The molecule has 0 radical (unpaired) electrons. The van der Waals surface area contributed by atoms with Gasteiger partial charge in [-0.05, 0) is 43.2 Å². The molecule has 7 heteroatoms. The van der Waals surface area contributed by atoms with Crippen LogP contribution in [0.2, 0.25) is 0 Å². The zero-order valence-corrected chi connectivity index (χ0v) is 21.9. The molecule has 2 heterocycles. The second-order valence-electron chi connectivity index (χ2n) is 10.2. The fourth-order valence-electron chi connectivity index (χ4n) is 6.10. The van der Waals surface area contributed by atoms with Crippen molar-refractivity contribution >= 4 is 39.0 Å². The standard InChI is InChI=1S/C29H35N5OS/c1-2-18-13-15-19(16-14-18)23-22(17-30)27(32)33-28-24(23)25(31)26(36-28)29(35)34(20-9-5-3-6-10-20)21-11-7-4-8-12-21/h13-16,20-21H,2-12,31H2,1H3,(H2,32,33). The number of carbonyl (C=O) groups excluding carboxylic acids is 1. The third kappa shape index (κ3) is 4.43. The van der Waals surface area contributed by atoms with Gasteiger partial charge >= 0.3 is 0 Å². The molecule has 0 unspecified atom stereocenters. The summed E-state index contributed by atoms with van der Waals surface area (Å²) in [4.78, 5) is 22.1. The van der Waals surface area contributed by atoms with Crippen molar-refractivity contribution in [3.8, 4) is 17.2 Å². The molecule has 0 bridgehead atoms. The van der Waals surface area contributed by atoms with E-state index in [-0.39, 0.29) is 23.8 Å². The quantitative estimate of drug-likeness (QED) is 0.406. The minimum atomic E-state index is 0.0265. The highest BCUT2D eigenvalue weighted by molar-refractivity contribution is 7.21. The Hall–Kier alpha value is -3.11. The summed E-state index contributed by atoms with van der Waals surface area (Å²) in [6, 6.07) is 10.9. The Balaban J connectivity index is 1.64. The predicted octanol–water partition coefficient (Wildman–Crippen LogP) is 6.67. The van der Waals surface area contributed by atoms with E-state index in [0.29, 0.717) is 31.9 Å². The SMILES string of the molecule is CCc1ccc(-c2c(C#N)c(N)nc3sc(C(=O)N(C4CCCCC4)C4CCCCC4)c(N)c23)cc1. The zero-order chi connectivity index (χ0) is 25.2. The Morgan fingerprint density at radius 3 is 2.14 bits per heavy atom. The molecule has 0 atom stereocenters. The van der Waals surface area contributed by atoms with Crippen LogP contribution in [0.1, 0.15) is 91.9 Å². The smallest absolute Gasteiger partial charge is 0.266 e. The van der Waals surface area contributed by atoms with Gasteiger partial charge in [0.25, 0.3) is 5.91 Å². The van der Waals surface area contributed by atoms with Crippen LogP contribution in [0, 0.1) is 11.3 Å². The molecule has 2 aliphatic rings. The lowest BCUT2D eigenvalue weighted by Crippen LogP contribution is -2.48. The molecule has 2 saturated carbocycles. The van der Waals surface area contributed by atoms with E-state index in [0.717, 1.165) is 37.7 Å². The normalized spacial score (nSPS) is 17.2. The number of anilines is 2. The number of pyridine rings is 1. The summed E-state index contributed by atoms with van der Waals surface area (Å²) in [6.45, 7) is 2.11. The van der Waals surface area contributed by atoms with Crippen molar-refractivity contribution < 1.29 is 4.79 Å². The first-order valence-electron chi connectivity index (χ1n) is 13.4. The maximum absolute atomic E-state index is 14.2. The van der Waals surface area contributed by atoms with Crippen molar-refractivity contribution in [3.63, 3.8) is 0 Å². The van der Waals surface area contributed by atoms with Gasteiger partial charge in [0.05, 0.1) is 5.69 Å². The van der Waals surface area contributed by atoms with E-state index in [4.69, 9.17) is 11.5 Å². The number of carbonyl (C=O) groups is 1. The van der Waals surface area contributed by atoms with E-state index in [2.05, 4.69) is 35.0 Å². The molecule has 3 aromatic rings. The first-order valence-corrected chi connectivity index (χ1v) is 14.2. The molecule has 2 fully saturated rings. The Labute approximate surface area is 217 Å². The van der Waals surface area contributed by atoms with Crippen LogP contribution in [0.15, 0.2) is 24.3 Å². The molecule has 0 saturated heterocycles. The Morgan fingerprint density at radius 2 is 1.61 bits per heavy atom.